The predicted octanol–water partition coefficient (Wildman–Crippen LogP) is 4.15. The monoisotopic (exact) mass is 381 g/mol. The van der Waals surface area contributed by atoms with E-state index in [4.69, 9.17) is 0 Å². The molecule has 0 aliphatic carbocycles. The molecule has 3 amide bonds. The van der Waals surface area contributed by atoms with Crippen LogP contribution in [0.1, 0.15) is 45.6 Å². The van der Waals surface area contributed by atoms with Crippen LogP contribution < -0.4 is 15.5 Å². The van der Waals surface area contributed by atoms with Crippen molar-refractivity contribution in [1.82, 2.24) is 0 Å². The van der Waals surface area contributed by atoms with Gasteiger partial charge >= 0.3 is 0 Å². The number of nitrogens with one attached hydrogen (secondary N) is 2. The number of anilines is 3. The molecule has 0 unspecified atom stereocenters. The number of amides is 3. The normalized spacial score (nSPS) is 10.5. The smallest absolute Gasteiger partial charge is 0.226 e. The van der Waals surface area contributed by atoms with E-state index < -0.39 is 0 Å². The summed E-state index contributed by atoms with van der Waals surface area (Å²) >= 11 is 0. The highest BCUT2D eigenvalue weighted by atomic mass is 16.2. The minimum atomic E-state index is -0.201. The maximum atomic E-state index is 12.4. The van der Waals surface area contributed by atoms with E-state index in [1.807, 2.05) is 24.3 Å². The van der Waals surface area contributed by atoms with Crippen LogP contribution in [0.5, 0.6) is 0 Å². The van der Waals surface area contributed by atoms with Gasteiger partial charge in [-0.3, -0.25) is 14.4 Å². The predicted molar refractivity (Wildman–Crippen MR) is 113 cm³/mol. The molecule has 0 spiro atoms. The lowest BCUT2D eigenvalue weighted by molar-refractivity contribution is -0.117. The van der Waals surface area contributed by atoms with Gasteiger partial charge in [0.2, 0.25) is 17.7 Å². The second-order valence-corrected chi connectivity index (χ2v) is 6.94. The zero-order chi connectivity index (χ0) is 20.7. The number of benzene rings is 2. The minimum absolute atomic E-state index is 0.103. The second kappa shape index (κ2) is 9.69. The van der Waals surface area contributed by atoms with Crippen molar-refractivity contribution in [2.75, 3.05) is 22.1 Å². The Labute approximate surface area is 165 Å². The summed E-state index contributed by atoms with van der Waals surface area (Å²) < 4.78 is 0. The first-order valence-corrected chi connectivity index (χ1v) is 9.32. The third kappa shape index (κ3) is 5.94. The first-order chi connectivity index (χ1) is 13.3. The lowest BCUT2D eigenvalue weighted by Crippen LogP contribution is -2.32. The van der Waals surface area contributed by atoms with Crippen molar-refractivity contribution in [3.63, 3.8) is 0 Å². The van der Waals surface area contributed by atoms with E-state index in [0.717, 1.165) is 11.3 Å². The van der Waals surface area contributed by atoms with Crippen molar-refractivity contribution in [1.29, 1.82) is 0 Å². The SMILES string of the molecule is CC(=O)Nc1cccc(NC(=O)CCN(C(C)=O)c2ccccc2C(C)C)c1. The third-order valence-electron chi connectivity index (χ3n) is 4.26. The van der Waals surface area contributed by atoms with E-state index in [9.17, 15) is 14.4 Å². The molecule has 28 heavy (non-hydrogen) atoms. The van der Waals surface area contributed by atoms with Gasteiger partial charge in [0.05, 0.1) is 0 Å². The first kappa shape index (κ1) is 21.2. The molecule has 0 saturated heterocycles. The van der Waals surface area contributed by atoms with Crippen molar-refractivity contribution >= 4 is 34.8 Å². The van der Waals surface area contributed by atoms with Gasteiger partial charge < -0.3 is 15.5 Å². The number of para-hydroxylation sites is 1. The molecule has 2 aromatic carbocycles. The van der Waals surface area contributed by atoms with Crippen LogP contribution in [0.15, 0.2) is 48.5 Å². The molecule has 0 saturated carbocycles. The number of hydrogen-bond acceptors (Lipinski definition) is 3. The zero-order valence-corrected chi connectivity index (χ0v) is 16.8. The maximum Gasteiger partial charge on any atom is 0.226 e. The van der Waals surface area contributed by atoms with E-state index in [1.54, 1.807) is 29.2 Å². The average molecular weight is 381 g/mol. The summed E-state index contributed by atoms with van der Waals surface area (Å²) in [6.45, 7) is 7.37. The summed E-state index contributed by atoms with van der Waals surface area (Å²) in [4.78, 5) is 37.4. The topological polar surface area (TPSA) is 78.5 Å². The van der Waals surface area contributed by atoms with Crippen molar-refractivity contribution < 1.29 is 14.4 Å². The van der Waals surface area contributed by atoms with Crippen molar-refractivity contribution in [3.8, 4) is 0 Å². The summed E-state index contributed by atoms with van der Waals surface area (Å²) in [5.41, 5.74) is 3.11. The summed E-state index contributed by atoms with van der Waals surface area (Å²) in [5, 5.41) is 5.49. The molecule has 0 atom stereocenters. The van der Waals surface area contributed by atoms with Crippen LogP contribution >= 0.6 is 0 Å². The van der Waals surface area contributed by atoms with Crippen LogP contribution in [-0.4, -0.2) is 24.3 Å². The van der Waals surface area contributed by atoms with Gasteiger partial charge in [0.15, 0.2) is 0 Å². The fraction of sp³-hybridized carbons (Fsp3) is 0.318. The van der Waals surface area contributed by atoms with E-state index in [2.05, 4.69) is 24.5 Å². The second-order valence-electron chi connectivity index (χ2n) is 6.94. The Kier molecular flexibility index (Phi) is 7.32. The molecule has 148 valence electrons. The highest BCUT2D eigenvalue weighted by Crippen LogP contribution is 2.27. The molecule has 6 heteroatoms. The molecular weight excluding hydrogens is 354 g/mol. The highest BCUT2D eigenvalue weighted by molar-refractivity contribution is 5.96. The Morgan fingerprint density at radius 3 is 2.18 bits per heavy atom. The molecule has 2 aromatic rings. The van der Waals surface area contributed by atoms with E-state index >= 15 is 0 Å². The molecule has 0 aromatic heterocycles. The Balaban J connectivity index is 2.06. The number of carbonyl (C=O) groups excluding carboxylic acids is 3. The largest absolute Gasteiger partial charge is 0.326 e. The summed E-state index contributed by atoms with van der Waals surface area (Å²) in [5.74, 6) is -0.213. The number of nitrogens with zero attached hydrogens (tertiary/aromatic N) is 1. The maximum absolute atomic E-state index is 12.4. The molecule has 2 rings (SSSR count). The summed E-state index contributed by atoms with van der Waals surface area (Å²) in [6, 6.07) is 14.7. The van der Waals surface area contributed by atoms with Crippen molar-refractivity contribution in [3.05, 3.63) is 54.1 Å². The summed E-state index contributed by atoms with van der Waals surface area (Å²) in [7, 11) is 0. The van der Waals surface area contributed by atoms with Gasteiger partial charge in [0.25, 0.3) is 0 Å². The minimum Gasteiger partial charge on any atom is -0.326 e. The lowest BCUT2D eigenvalue weighted by atomic mass is 10.0. The standard InChI is InChI=1S/C22H27N3O3/c1-15(2)20-10-5-6-11-21(20)25(17(4)27)13-12-22(28)24-19-9-7-8-18(14-19)23-16(3)26/h5-11,14-15H,12-13H2,1-4H3,(H,23,26)(H,24,28). The molecule has 0 radical (unpaired) electrons. The van der Waals surface area contributed by atoms with Gasteiger partial charge in [-0.2, -0.15) is 0 Å². The average Bonchev–Trinajstić information content (AvgIpc) is 2.61. The molecule has 2 N–H and O–H groups in total. The lowest BCUT2D eigenvalue weighted by Gasteiger charge is -2.25. The molecule has 0 aliphatic rings. The molecule has 6 nitrogen and oxygen atoms in total. The highest BCUT2D eigenvalue weighted by Gasteiger charge is 2.18. The van der Waals surface area contributed by atoms with Crippen LogP contribution in [0.25, 0.3) is 0 Å². The summed E-state index contributed by atoms with van der Waals surface area (Å²) in [6.07, 6.45) is 0.163. The van der Waals surface area contributed by atoms with Gasteiger partial charge in [-0.1, -0.05) is 38.1 Å². The van der Waals surface area contributed by atoms with Gasteiger partial charge in [0.1, 0.15) is 0 Å². The number of hydrogen-bond donors (Lipinski definition) is 2. The fourth-order valence-corrected chi connectivity index (χ4v) is 2.98. The molecule has 0 bridgehead atoms. The van der Waals surface area contributed by atoms with Gasteiger partial charge in [-0.05, 0) is 35.7 Å². The Morgan fingerprint density at radius 1 is 0.929 bits per heavy atom. The van der Waals surface area contributed by atoms with Crippen molar-refractivity contribution in [2.45, 2.75) is 40.0 Å². The van der Waals surface area contributed by atoms with Crippen LogP contribution in [-0.2, 0) is 14.4 Å². The molecular formula is C22H27N3O3. The Hall–Kier alpha value is -3.15. The molecule has 0 aliphatic heterocycles. The fourth-order valence-electron chi connectivity index (χ4n) is 2.98. The Bertz CT molecular complexity index is 862. The molecule has 0 heterocycles. The number of carbonyl (C=O) groups is 3. The van der Waals surface area contributed by atoms with Crippen LogP contribution in [0, 0.1) is 0 Å². The van der Waals surface area contributed by atoms with Crippen LogP contribution in [0.3, 0.4) is 0 Å². The van der Waals surface area contributed by atoms with Gasteiger partial charge in [0, 0.05) is 43.9 Å². The van der Waals surface area contributed by atoms with Gasteiger partial charge in [-0.25, -0.2) is 0 Å². The third-order valence-corrected chi connectivity index (χ3v) is 4.26. The van der Waals surface area contributed by atoms with E-state index in [-0.39, 0.29) is 36.6 Å². The van der Waals surface area contributed by atoms with Crippen LogP contribution in [0.2, 0.25) is 0 Å². The quantitative estimate of drug-likeness (QED) is 0.756. The van der Waals surface area contributed by atoms with Gasteiger partial charge in [-0.15, -0.1) is 0 Å². The zero-order valence-electron chi connectivity index (χ0n) is 16.8. The van der Waals surface area contributed by atoms with Crippen LogP contribution in [0.4, 0.5) is 17.1 Å². The molecule has 0 fully saturated rings. The van der Waals surface area contributed by atoms with E-state index in [1.165, 1.54) is 13.8 Å². The number of rotatable bonds is 7. The first-order valence-electron chi connectivity index (χ1n) is 9.32. The van der Waals surface area contributed by atoms with Crippen molar-refractivity contribution in [2.24, 2.45) is 0 Å². The van der Waals surface area contributed by atoms with E-state index in [0.29, 0.717) is 11.4 Å². The Morgan fingerprint density at radius 2 is 1.57 bits per heavy atom.